The van der Waals surface area contributed by atoms with Gasteiger partial charge in [0.05, 0.1) is 0 Å². The second-order valence-corrected chi connectivity index (χ2v) is 7.34. The van der Waals surface area contributed by atoms with Gasteiger partial charge in [0.1, 0.15) is 0 Å². The fraction of sp³-hybridized carbons (Fsp3) is 0.429. The molecule has 0 aromatic carbocycles. The first-order valence-corrected chi connectivity index (χ1v) is 8.48. The van der Waals surface area contributed by atoms with Crippen LogP contribution in [0.25, 0.3) is 0 Å². The minimum atomic E-state index is 0.709. The lowest BCUT2D eigenvalue weighted by Crippen LogP contribution is -2.44. The zero-order chi connectivity index (χ0) is 13.8. The molecule has 0 bridgehead atoms. The normalized spacial score (nSPS) is 51.4. The molecule has 8 atom stereocenters. The van der Waals surface area contributed by atoms with Crippen LogP contribution in [0.15, 0.2) is 72.9 Å². The van der Waals surface area contributed by atoms with Crippen molar-refractivity contribution in [1.29, 1.82) is 0 Å². The molecule has 106 valence electrons. The van der Waals surface area contributed by atoms with Crippen LogP contribution in [0.5, 0.6) is 0 Å². The molecule has 0 aromatic heterocycles. The third-order valence-corrected chi connectivity index (χ3v) is 6.61. The van der Waals surface area contributed by atoms with Crippen molar-refractivity contribution >= 4 is 0 Å². The van der Waals surface area contributed by atoms with Gasteiger partial charge in [-0.05, 0) is 53.8 Å². The highest BCUT2D eigenvalue weighted by atomic mass is 14.6. The second kappa shape index (κ2) is 4.47. The van der Waals surface area contributed by atoms with Gasteiger partial charge in [0, 0.05) is 0 Å². The minimum absolute atomic E-state index is 0.709. The fourth-order valence-electron chi connectivity index (χ4n) is 5.90. The molecule has 0 radical (unpaired) electrons. The van der Waals surface area contributed by atoms with E-state index in [1.165, 1.54) is 6.42 Å². The first-order chi connectivity index (χ1) is 10.4. The molecular formula is C21H22. The number of allylic oxidation sites excluding steroid dienone is 12. The Labute approximate surface area is 127 Å². The third kappa shape index (κ3) is 1.62. The quantitative estimate of drug-likeness (QED) is 0.600. The highest BCUT2D eigenvalue weighted by Crippen LogP contribution is 2.60. The molecule has 21 heavy (non-hydrogen) atoms. The Morgan fingerprint density at radius 1 is 0.476 bits per heavy atom. The van der Waals surface area contributed by atoms with E-state index < -0.39 is 0 Å². The Morgan fingerprint density at radius 2 is 1.00 bits per heavy atom. The van der Waals surface area contributed by atoms with Gasteiger partial charge in [-0.25, -0.2) is 0 Å². The maximum absolute atomic E-state index is 2.51. The fourth-order valence-corrected chi connectivity index (χ4v) is 5.90. The molecule has 0 aromatic rings. The van der Waals surface area contributed by atoms with Gasteiger partial charge in [0.2, 0.25) is 0 Å². The third-order valence-electron chi connectivity index (χ3n) is 6.61. The molecular weight excluding hydrogens is 252 g/mol. The van der Waals surface area contributed by atoms with Crippen molar-refractivity contribution in [2.75, 3.05) is 0 Å². The highest BCUT2D eigenvalue weighted by molar-refractivity contribution is 5.30. The number of hydrogen-bond donors (Lipinski definition) is 0. The van der Waals surface area contributed by atoms with E-state index >= 15 is 0 Å². The zero-order valence-electron chi connectivity index (χ0n) is 12.3. The first kappa shape index (κ1) is 12.0. The van der Waals surface area contributed by atoms with Crippen LogP contribution in [0.4, 0.5) is 0 Å². The molecule has 0 amide bonds. The van der Waals surface area contributed by atoms with Gasteiger partial charge in [-0.2, -0.15) is 0 Å². The minimum Gasteiger partial charge on any atom is -0.0808 e. The van der Waals surface area contributed by atoms with E-state index in [1.807, 2.05) is 0 Å². The van der Waals surface area contributed by atoms with E-state index in [2.05, 4.69) is 72.9 Å². The maximum Gasteiger partial charge on any atom is -0.00955 e. The Morgan fingerprint density at radius 3 is 1.76 bits per heavy atom. The van der Waals surface area contributed by atoms with Crippen LogP contribution < -0.4 is 0 Å². The largest absolute Gasteiger partial charge is 0.0808 e. The average molecular weight is 274 g/mol. The van der Waals surface area contributed by atoms with Crippen LogP contribution in [0.1, 0.15) is 6.42 Å². The summed E-state index contributed by atoms with van der Waals surface area (Å²) in [6, 6.07) is 0. The lowest BCUT2D eigenvalue weighted by Gasteiger charge is -2.49. The molecule has 2 saturated carbocycles. The van der Waals surface area contributed by atoms with E-state index in [1.54, 1.807) is 0 Å². The van der Waals surface area contributed by atoms with Crippen LogP contribution in [-0.4, -0.2) is 0 Å². The van der Waals surface area contributed by atoms with Gasteiger partial charge >= 0.3 is 0 Å². The molecule has 0 N–H and O–H groups in total. The summed E-state index contributed by atoms with van der Waals surface area (Å²) in [7, 11) is 0. The Balaban J connectivity index is 1.61. The molecule has 0 spiro atoms. The van der Waals surface area contributed by atoms with Crippen molar-refractivity contribution in [2.24, 2.45) is 47.3 Å². The Hall–Kier alpha value is -1.56. The van der Waals surface area contributed by atoms with Gasteiger partial charge in [0.15, 0.2) is 0 Å². The molecule has 0 heteroatoms. The molecule has 5 rings (SSSR count). The second-order valence-electron chi connectivity index (χ2n) is 7.34. The van der Waals surface area contributed by atoms with Gasteiger partial charge in [-0.15, -0.1) is 0 Å². The summed E-state index contributed by atoms with van der Waals surface area (Å²) in [4.78, 5) is 0. The van der Waals surface area contributed by atoms with Crippen molar-refractivity contribution in [3.8, 4) is 0 Å². The van der Waals surface area contributed by atoms with Crippen molar-refractivity contribution in [2.45, 2.75) is 6.42 Å². The van der Waals surface area contributed by atoms with Crippen molar-refractivity contribution in [3.05, 3.63) is 72.9 Å². The predicted molar refractivity (Wildman–Crippen MR) is 87.4 cm³/mol. The highest BCUT2D eigenvalue weighted by Gasteiger charge is 2.54. The topological polar surface area (TPSA) is 0 Å². The first-order valence-electron chi connectivity index (χ1n) is 8.48. The van der Waals surface area contributed by atoms with E-state index in [0.29, 0.717) is 5.92 Å². The maximum atomic E-state index is 2.51. The summed E-state index contributed by atoms with van der Waals surface area (Å²) in [5.41, 5.74) is 0. The zero-order valence-corrected chi connectivity index (χ0v) is 12.3. The Kier molecular flexibility index (Phi) is 2.56. The monoisotopic (exact) mass is 274 g/mol. The van der Waals surface area contributed by atoms with Gasteiger partial charge in [-0.3, -0.25) is 0 Å². The summed E-state index contributed by atoms with van der Waals surface area (Å²) in [5, 5.41) is 0. The standard InChI is InChI=1S/C21H22/c1-2-8-15-14(7-1)13-20-18-11-4-3-9-16(18)17-10-5-6-12-19(17)21(15)20/h1-12,14-21H,13H2. The molecule has 0 heterocycles. The number of rotatable bonds is 0. The smallest absolute Gasteiger partial charge is 0.00955 e. The van der Waals surface area contributed by atoms with E-state index in [-0.39, 0.29) is 0 Å². The van der Waals surface area contributed by atoms with E-state index in [0.717, 1.165) is 41.4 Å². The molecule has 5 aliphatic carbocycles. The van der Waals surface area contributed by atoms with Gasteiger partial charge < -0.3 is 0 Å². The van der Waals surface area contributed by atoms with Crippen LogP contribution in [0, 0.1) is 47.3 Å². The van der Waals surface area contributed by atoms with Crippen LogP contribution >= 0.6 is 0 Å². The van der Waals surface area contributed by atoms with Crippen molar-refractivity contribution in [3.63, 3.8) is 0 Å². The summed E-state index contributed by atoms with van der Waals surface area (Å²) in [5.74, 6) is 6.16. The van der Waals surface area contributed by atoms with E-state index in [4.69, 9.17) is 0 Å². The summed E-state index contributed by atoms with van der Waals surface area (Å²) < 4.78 is 0. The molecule has 0 aliphatic heterocycles. The van der Waals surface area contributed by atoms with Crippen LogP contribution in [0.2, 0.25) is 0 Å². The van der Waals surface area contributed by atoms with E-state index in [9.17, 15) is 0 Å². The van der Waals surface area contributed by atoms with Gasteiger partial charge in [0.25, 0.3) is 0 Å². The van der Waals surface area contributed by atoms with Crippen LogP contribution in [0.3, 0.4) is 0 Å². The van der Waals surface area contributed by atoms with Crippen molar-refractivity contribution in [1.82, 2.24) is 0 Å². The lowest BCUT2D eigenvalue weighted by atomic mass is 9.55. The molecule has 8 unspecified atom stereocenters. The molecule has 0 saturated heterocycles. The molecule has 0 nitrogen and oxygen atoms in total. The summed E-state index contributed by atoms with van der Waals surface area (Å²) in [6.45, 7) is 0. The Bertz CT molecular complexity index is 612. The predicted octanol–water partition coefficient (Wildman–Crippen LogP) is 4.71. The summed E-state index contributed by atoms with van der Waals surface area (Å²) in [6.07, 6.45) is 30.0. The molecule has 2 fully saturated rings. The summed E-state index contributed by atoms with van der Waals surface area (Å²) >= 11 is 0. The van der Waals surface area contributed by atoms with Crippen molar-refractivity contribution < 1.29 is 0 Å². The average Bonchev–Trinajstić information content (AvgIpc) is 2.95. The molecule has 5 aliphatic rings. The van der Waals surface area contributed by atoms with Crippen LogP contribution in [-0.2, 0) is 0 Å². The van der Waals surface area contributed by atoms with Gasteiger partial charge in [-0.1, -0.05) is 72.9 Å². The number of fused-ring (bicyclic) bond motifs is 8. The lowest BCUT2D eigenvalue weighted by molar-refractivity contribution is 0.0732. The number of hydrogen-bond acceptors (Lipinski definition) is 0. The SMILES string of the molecule is C1=CC2CC3C4C=CC=CC4C4C=CC=CC4C3C2C=C1.